The number of fused-ring (bicyclic) bond motifs is 2. The average Bonchev–Trinajstić information content (AvgIpc) is 2.89. The predicted molar refractivity (Wildman–Crippen MR) is 64.5 cm³/mol. The molecule has 0 spiro atoms. The summed E-state index contributed by atoms with van der Waals surface area (Å²) in [5, 5.41) is 3.50. The second-order valence-corrected chi connectivity index (χ2v) is 5.35. The van der Waals surface area contributed by atoms with E-state index in [0.29, 0.717) is 24.2 Å². The van der Waals surface area contributed by atoms with Crippen molar-refractivity contribution in [3.63, 3.8) is 0 Å². The Morgan fingerprint density at radius 2 is 2.25 bits per heavy atom. The molecular formula is C13H25NO2. The molecule has 0 saturated carbocycles. The summed E-state index contributed by atoms with van der Waals surface area (Å²) >= 11 is 0. The summed E-state index contributed by atoms with van der Waals surface area (Å²) in [6, 6.07) is 0.588. The Morgan fingerprint density at radius 1 is 1.44 bits per heavy atom. The molecule has 0 aromatic heterocycles. The van der Waals surface area contributed by atoms with Crippen molar-refractivity contribution in [1.29, 1.82) is 0 Å². The first-order chi connectivity index (χ1) is 7.76. The smallest absolute Gasteiger partial charge is 0.0623 e. The lowest BCUT2D eigenvalue weighted by atomic mass is 9.78. The summed E-state index contributed by atoms with van der Waals surface area (Å²) in [5.41, 5.74) is 0. The largest absolute Gasteiger partial charge is 0.385 e. The summed E-state index contributed by atoms with van der Waals surface area (Å²) in [5.74, 6) is 1.38. The summed E-state index contributed by atoms with van der Waals surface area (Å²) < 4.78 is 11.1. The molecule has 2 saturated heterocycles. The van der Waals surface area contributed by atoms with Crippen molar-refractivity contribution in [2.45, 2.75) is 50.9 Å². The molecule has 2 bridgehead atoms. The summed E-state index contributed by atoms with van der Waals surface area (Å²) in [6.45, 7) is 3.19. The molecule has 0 aromatic carbocycles. The Hall–Kier alpha value is -0.120. The lowest BCUT2D eigenvalue weighted by molar-refractivity contribution is 0.0778. The zero-order valence-electron chi connectivity index (χ0n) is 10.7. The van der Waals surface area contributed by atoms with Crippen molar-refractivity contribution >= 4 is 0 Å². The number of hydrogen-bond donors (Lipinski definition) is 1. The fourth-order valence-electron chi connectivity index (χ4n) is 3.46. The highest BCUT2D eigenvalue weighted by Gasteiger charge is 2.44. The van der Waals surface area contributed by atoms with Gasteiger partial charge in [-0.1, -0.05) is 6.92 Å². The van der Waals surface area contributed by atoms with Gasteiger partial charge >= 0.3 is 0 Å². The Morgan fingerprint density at radius 3 is 2.75 bits per heavy atom. The van der Waals surface area contributed by atoms with Gasteiger partial charge in [-0.15, -0.1) is 0 Å². The van der Waals surface area contributed by atoms with Crippen LogP contribution in [-0.4, -0.2) is 39.0 Å². The van der Waals surface area contributed by atoms with Crippen LogP contribution in [0.3, 0.4) is 0 Å². The van der Waals surface area contributed by atoms with E-state index >= 15 is 0 Å². The van der Waals surface area contributed by atoms with E-state index in [-0.39, 0.29) is 0 Å². The van der Waals surface area contributed by atoms with Crippen LogP contribution in [0.1, 0.15) is 32.6 Å². The van der Waals surface area contributed by atoms with Gasteiger partial charge in [0, 0.05) is 25.7 Å². The first kappa shape index (κ1) is 12.3. The van der Waals surface area contributed by atoms with Gasteiger partial charge in [-0.05, 0) is 38.6 Å². The van der Waals surface area contributed by atoms with Gasteiger partial charge in [0.1, 0.15) is 0 Å². The van der Waals surface area contributed by atoms with Gasteiger partial charge in [0.2, 0.25) is 0 Å². The molecule has 94 valence electrons. The molecule has 0 radical (unpaired) electrons. The molecule has 2 aliphatic rings. The molecule has 0 amide bonds. The molecule has 3 nitrogen and oxygen atoms in total. The summed E-state index contributed by atoms with van der Waals surface area (Å²) in [7, 11) is 3.86. The highest BCUT2D eigenvalue weighted by molar-refractivity contribution is 4.96. The second kappa shape index (κ2) is 5.48. The van der Waals surface area contributed by atoms with E-state index in [2.05, 4.69) is 19.3 Å². The van der Waals surface area contributed by atoms with Crippen molar-refractivity contribution in [3.05, 3.63) is 0 Å². The third kappa shape index (κ3) is 2.41. The highest BCUT2D eigenvalue weighted by Crippen LogP contribution is 2.42. The lowest BCUT2D eigenvalue weighted by Crippen LogP contribution is -2.43. The van der Waals surface area contributed by atoms with Crippen LogP contribution in [-0.2, 0) is 9.47 Å². The van der Waals surface area contributed by atoms with Crippen LogP contribution in [0.25, 0.3) is 0 Å². The minimum atomic E-state index is 0.521. The Labute approximate surface area is 98.9 Å². The molecule has 16 heavy (non-hydrogen) atoms. The van der Waals surface area contributed by atoms with E-state index in [4.69, 9.17) is 9.47 Å². The Kier molecular flexibility index (Phi) is 4.22. The van der Waals surface area contributed by atoms with Crippen LogP contribution in [0.15, 0.2) is 0 Å². The average molecular weight is 227 g/mol. The van der Waals surface area contributed by atoms with E-state index in [1.807, 2.05) is 0 Å². The predicted octanol–water partition coefficient (Wildman–Crippen LogP) is 1.81. The van der Waals surface area contributed by atoms with Crippen LogP contribution < -0.4 is 5.32 Å². The molecule has 2 aliphatic heterocycles. The quantitative estimate of drug-likeness (QED) is 0.751. The van der Waals surface area contributed by atoms with E-state index in [9.17, 15) is 0 Å². The van der Waals surface area contributed by atoms with Crippen molar-refractivity contribution < 1.29 is 9.47 Å². The van der Waals surface area contributed by atoms with Gasteiger partial charge in [0.05, 0.1) is 12.2 Å². The first-order valence-electron chi connectivity index (χ1n) is 6.58. The minimum absolute atomic E-state index is 0.521. The molecule has 3 heteroatoms. The fourth-order valence-corrected chi connectivity index (χ4v) is 3.46. The second-order valence-electron chi connectivity index (χ2n) is 5.35. The fraction of sp³-hybridized carbons (Fsp3) is 1.00. The van der Waals surface area contributed by atoms with Crippen LogP contribution in [0.2, 0.25) is 0 Å². The van der Waals surface area contributed by atoms with Crippen LogP contribution in [0.4, 0.5) is 0 Å². The Balaban J connectivity index is 1.89. The van der Waals surface area contributed by atoms with Gasteiger partial charge in [-0.2, -0.15) is 0 Å². The normalized spacial score (nSPS) is 36.6. The molecule has 0 aliphatic carbocycles. The van der Waals surface area contributed by atoms with Gasteiger partial charge in [-0.25, -0.2) is 0 Å². The molecule has 5 unspecified atom stereocenters. The SMILES string of the molecule is CNC(C(C)CCOC)C1CC2CCC1O2. The van der Waals surface area contributed by atoms with Gasteiger partial charge in [0.25, 0.3) is 0 Å². The van der Waals surface area contributed by atoms with Crippen molar-refractivity contribution in [2.75, 3.05) is 20.8 Å². The van der Waals surface area contributed by atoms with Gasteiger partial charge < -0.3 is 14.8 Å². The van der Waals surface area contributed by atoms with Crippen molar-refractivity contribution in [1.82, 2.24) is 5.32 Å². The molecule has 2 fully saturated rings. The van der Waals surface area contributed by atoms with Crippen LogP contribution in [0, 0.1) is 11.8 Å². The number of nitrogens with one attached hydrogen (secondary N) is 1. The Bertz CT molecular complexity index is 222. The van der Waals surface area contributed by atoms with Crippen molar-refractivity contribution in [2.24, 2.45) is 11.8 Å². The zero-order valence-corrected chi connectivity index (χ0v) is 10.7. The molecular weight excluding hydrogens is 202 g/mol. The zero-order chi connectivity index (χ0) is 11.5. The maximum absolute atomic E-state index is 5.95. The monoisotopic (exact) mass is 227 g/mol. The topological polar surface area (TPSA) is 30.5 Å². The van der Waals surface area contributed by atoms with Crippen LogP contribution >= 0.6 is 0 Å². The van der Waals surface area contributed by atoms with E-state index in [1.54, 1.807) is 7.11 Å². The standard InChI is InChI=1S/C13H25NO2/c1-9(6-7-15-3)13(14-2)11-8-10-4-5-12(11)16-10/h9-14H,4-8H2,1-3H3. The van der Waals surface area contributed by atoms with E-state index in [1.165, 1.54) is 19.3 Å². The lowest BCUT2D eigenvalue weighted by Gasteiger charge is -2.32. The van der Waals surface area contributed by atoms with Gasteiger partial charge in [-0.3, -0.25) is 0 Å². The number of hydrogen-bond acceptors (Lipinski definition) is 3. The maximum Gasteiger partial charge on any atom is 0.0623 e. The van der Waals surface area contributed by atoms with Gasteiger partial charge in [0.15, 0.2) is 0 Å². The summed E-state index contributed by atoms with van der Waals surface area (Å²) in [6.07, 6.45) is 6.02. The first-order valence-corrected chi connectivity index (χ1v) is 6.58. The summed E-state index contributed by atoms with van der Waals surface area (Å²) in [4.78, 5) is 0. The molecule has 0 aromatic rings. The molecule has 5 atom stereocenters. The minimum Gasteiger partial charge on any atom is -0.385 e. The molecule has 1 N–H and O–H groups in total. The third-order valence-electron chi connectivity index (χ3n) is 4.34. The number of methoxy groups -OCH3 is 1. The van der Waals surface area contributed by atoms with E-state index in [0.717, 1.165) is 18.9 Å². The molecule has 2 heterocycles. The van der Waals surface area contributed by atoms with Crippen molar-refractivity contribution in [3.8, 4) is 0 Å². The van der Waals surface area contributed by atoms with E-state index < -0.39 is 0 Å². The van der Waals surface area contributed by atoms with Crippen LogP contribution in [0.5, 0.6) is 0 Å². The third-order valence-corrected chi connectivity index (χ3v) is 4.34. The number of rotatable bonds is 6. The molecule has 2 rings (SSSR count). The number of ether oxygens (including phenoxy) is 2. The highest BCUT2D eigenvalue weighted by atomic mass is 16.5. The maximum atomic E-state index is 5.95.